The van der Waals surface area contributed by atoms with Crippen molar-refractivity contribution >= 4 is 40.6 Å². The van der Waals surface area contributed by atoms with Crippen LogP contribution in [0.1, 0.15) is 37.6 Å². The van der Waals surface area contributed by atoms with Gasteiger partial charge in [-0.25, -0.2) is 14.4 Å². The highest BCUT2D eigenvalue weighted by molar-refractivity contribution is 6.34. The van der Waals surface area contributed by atoms with Gasteiger partial charge in [0.15, 0.2) is 29.6 Å². The molecule has 2 aromatic heterocycles. The monoisotopic (exact) mass is 720 g/mol. The van der Waals surface area contributed by atoms with Gasteiger partial charge in [0, 0.05) is 69.5 Å². The van der Waals surface area contributed by atoms with E-state index in [1.165, 1.54) is 24.5 Å². The highest BCUT2D eigenvalue weighted by Gasteiger charge is 2.32. The fourth-order valence-electron chi connectivity index (χ4n) is 6.30. The van der Waals surface area contributed by atoms with E-state index in [2.05, 4.69) is 25.1 Å². The molecule has 0 bridgehead atoms. The van der Waals surface area contributed by atoms with E-state index < -0.39 is 23.8 Å². The molecule has 51 heavy (non-hydrogen) atoms. The van der Waals surface area contributed by atoms with Crippen LogP contribution in [0.4, 0.5) is 20.3 Å². The number of nitrogens with one attached hydrogen (secondary N) is 1. The van der Waals surface area contributed by atoms with Gasteiger partial charge in [-0.05, 0) is 64.1 Å². The van der Waals surface area contributed by atoms with Crippen molar-refractivity contribution in [1.82, 2.24) is 29.1 Å². The summed E-state index contributed by atoms with van der Waals surface area (Å²) in [6.07, 6.45) is 5.27. The van der Waals surface area contributed by atoms with Crippen LogP contribution in [0, 0.1) is 28.9 Å². The minimum Gasteiger partial charge on any atom is -0.476 e. The SMILES string of the molecule is CC(C)(C)OC(=O)C1CCN(CCN2CCN(C(=O)c3ccc(Nc4nccn5c(-c6ccc(OCC#N)c(F)c6F)cnc45)cc3Cl)CC2)C1. The van der Waals surface area contributed by atoms with E-state index in [4.69, 9.17) is 26.3 Å². The number of nitrogens with zero attached hydrogens (tertiary/aromatic N) is 7. The van der Waals surface area contributed by atoms with Gasteiger partial charge >= 0.3 is 5.97 Å². The van der Waals surface area contributed by atoms with Gasteiger partial charge in [-0.3, -0.25) is 18.9 Å². The summed E-state index contributed by atoms with van der Waals surface area (Å²) in [5, 5.41) is 12.1. The largest absolute Gasteiger partial charge is 0.476 e. The Morgan fingerprint density at radius 3 is 2.53 bits per heavy atom. The van der Waals surface area contributed by atoms with E-state index in [1.807, 2.05) is 20.8 Å². The number of halogens is 3. The third-order valence-electron chi connectivity index (χ3n) is 8.91. The first-order valence-electron chi connectivity index (χ1n) is 16.8. The molecule has 2 saturated heterocycles. The van der Waals surface area contributed by atoms with Crippen LogP contribution in [-0.4, -0.2) is 106 Å². The van der Waals surface area contributed by atoms with Crippen molar-refractivity contribution in [3.8, 4) is 23.1 Å². The van der Waals surface area contributed by atoms with Gasteiger partial charge in [0.2, 0.25) is 5.82 Å². The molecule has 0 aliphatic carbocycles. The van der Waals surface area contributed by atoms with Gasteiger partial charge < -0.3 is 24.6 Å². The predicted octanol–water partition coefficient (Wildman–Crippen LogP) is 5.40. The Morgan fingerprint density at radius 2 is 1.80 bits per heavy atom. The van der Waals surface area contributed by atoms with Crippen LogP contribution < -0.4 is 10.1 Å². The lowest BCUT2D eigenvalue weighted by atomic mass is 10.1. The number of amides is 1. The van der Waals surface area contributed by atoms with E-state index in [1.54, 1.807) is 39.8 Å². The first-order valence-corrected chi connectivity index (χ1v) is 17.1. The van der Waals surface area contributed by atoms with Crippen LogP contribution in [0.3, 0.4) is 0 Å². The molecular formula is C36H39ClF2N8O4. The molecule has 2 fully saturated rings. The number of hydrogen-bond acceptors (Lipinski definition) is 10. The third kappa shape index (κ3) is 8.22. The molecule has 1 amide bonds. The Hall–Kier alpha value is -4.84. The summed E-state index contributed by atoms with van der Waals surface area (Å²) >= 11 is 6.63. The zero-order valence-electron chi connectivity index (χ0n) is 28.7. The average molecular weight is 721 g/mol. The van der Waals surface area contributed by atoms with Crippen LogP contribution in [0.25, 0.3) is 16.9 Å². The molecule has 0 spiro atoms. The normalized spacial score (nSPS) is 17.0. The standard InChI is InChI=1S/C36H39ClF2N8O4/c1-36(2,3)51-35(49)23-8-11-45(22-23)14-13-44-15-17-46(18-16-44)34(48)25-5-4-24(20-27(25)37)43-32-33-42-21-28(47(33)12-10-41-32)26-6-7-29(50-19-9-40)31(39)30(26)38/h4-7,10,12,20-21,23H,8,11,13-19,22H2,1-3H3,(H,41,43). The van der Waals surface area contributed by atoms with Crippen molar-refractivity contribution in [2.24, 2.45) is 5.92 Å². The first kappa shape index (κ1) is 36.0. The maximum Gasteiger partial charge on any atom is 0.310 e. The second-order valence-corrected chi connectivity index (χ2v) is 14.0. The lowest BCUT2D eigenvalue weighted by Gasteiger charge is -2.35. The molecule has 1 N–H and O–H groups in total. The van der Waals surface area contributed by atoms with E-state index >= 15 is 4.39 Å². The number of anilines is 2. The third-order valence-corrected chi connectivity index (χ3v) is 9.22. The minimum atomic E-state index is -1.20. The van der Waals surface area contributed by atoms with E-state index in [-0.39, 0.29) is 39.8 Å². The van der Waals surface area contributed by atoms with E-state index in [0.717, 1.165) is 39.1 Å². The summed E-state index contributed by atoms with van der Waals surface area (Å²) in [5.74, 6) is -2.72. The number of piperazine rings is 1. The number of esters is 1. The molecular weight excluding hydrogens is 682 g/mol. The van der Waals surface area contributed by atoms with Crippen LogP contribution in [0.5, 0.6) is 5.75 Å². The topological polar surface area (TPSA) is 128 Å². The minimum absolute atomic E-state index is 0.0479. The number of fused-ring (bicyclic) bond motifs is 1. The van der Waals surface area contributed by atoms with Gasteiger partial charge in [0.25, 0.3) is 5.91 Å². The number of nitriles is 1. The number of hydrogen-bond donors (Lipinski definition) is 1. The molecule has 0 saturated carbocycles. The fraction of sp³-hybridized carbons (Fsp3) is 0.417. The second-order valence-electron chi connectivity index (χ2n) is 13.6. The number of ether oxygens (including phenoxy) is 2. The lowest BCUT2D eigenvalue weighted by molar-refractivity contribution is -0.159. The molecule has 1 atom stereocenters. The Bertz CT molecular complexity index is 1970. The zero-order chi connectivity index (χ0) is 36.3. The molecule has 268 valence electrons. The summed E-state index contributed by atoms with van der Waals surface area (Å²) < 4.78 is 41.7. The van der Waals surface area contributed by atoms with Gasteiger partial charge in [-0.1, -0.05) is 11.6 Å². The number of imidazole rings is 1. The van der Waals surface area contributed by atoms with Gasteiger partial charge in [0.05, 0.1) is 28.4 Å². The van der Waals surface area contributed by atoms with Crippen molar-refractivity contribution < 1.29 is 27.8 Å². The Morgan fingerprint density at radius 1 is 1.04 bits per heavy atom. The number of aromatic nitrogens is 3. The highest BCUT2D eigenvalue weighted by Crippen LogP contribution is 2.32. The number of carbonyl (C=O) groups is 2. The van der Waals surface area contributed by atoms with Crippen molar-refractivity contribution in [1.29, 1.82) is 5.26 Å². The predicted molar refractivity (Wildman–Crippen MR) is 187 cm³/mol. The molecule has 0 radical (unpaired) electrons. The molecule has 15 heteroatoms. The number of carbonyl (C=O) groups excluding carboxylic acids is 2. The molecule has 2 aliphatic heterocycles. The average Bonchev–Trinajstić information content (AvgIpc) is 3.76. The van der Waals surface area contributed by atoms with E-state index in [9.17, 15) is 14.0 Å². The van der Waals surface area contributed by atoms with Crippen molar-refractivity contribution in [2.45, 2.75) is 32.8 Å². The number of rotatable bonds is 10. The molecule has 4 heterocycles. The van der Waals surface area contributed by atoms with Crippen LogP contribution >= 0.6 is 11.6 Å². The summed E-state index contributed by atoms with van der Waals surface area (Å²) in [5.41, 5.74) is 1.03. The van der Waals surface area contributed by atoms with Gasteiger partial charge in [0.1, 0.15) is 11.7 Å². The zero-order valence-corrected chi connectivity index (χ0v) is 29.4. The van der Waals surface area contributed by atoms with Crippen molar-refractivity contribution in [3.05, 3.63) is 71.1 Å². The smallest absolute Gasteiger partial charge is 0.310 e. The Labute approximate surface area is 299 Å². The quantitative estimate of drug-likeness (QED) is 0.213. The van der Waals surface area contributed by atoms with Crippen LogP contribution in [-0.2, 0) is 9.53 Å². The maximum absolute atomic E-state index is 15.0. The summed E-state index contributed by atoms with van der Waals surface area (Å²) in [6.45, 7) is 11.2. The molecule has 6 rings (SSSR count). The fourth-order valence-corrected chi connectivity index (χ4v) is 6.56. The van der Waals surface area contributed by atoms with Gasteiger partial charge in [-0.15, -0.1) is 0 Å². The van der Waals surface area contributed by atoms with Crippen LogP contribution in [0.2, 0.25) is 5.02 Å². The summed E-state index contributed by atoms with van der Waals surface area (Å²) in [7, 11) is 0. The maximum atomic E-state index is 15.0. The molecule has 2 aliphatic rings. The first-order chi connectivity index (χ1) is 24.4. The van der Waals surface area contributed by atoms with E-state index in [0.29, 0.717) is 42.4 Å². The molecule has 4 aromatic rings. The molecule has 12 nitrogen and oxygen atoms in total. The Balaban J connectivity index is 1.04. The summed E-state index contributed by atoms with van der Waals surface area (Å²) in [6, 6.07) is 9.36. The molecule has 2 aromatic carbocycles. The molecule has 1 unspecified atom stereocenters. The van der Waals surface area contributed by atoms with Gasteiger partial charge in [-0.2, -0.15) is 9.65 Å². The highest BCUT2D eigenvalue weighted by atomic mass is 35.5. The second kappa shape index (κ2) is 15.2. The Kier molecular flexibility index (Phi) is 10.7. The van der Waals surface area contributed by atoms with Crippen molar-refractivity contribution in [3.63, 3.8) is 0 Å². The number of benzene rings is 2. The lowest BCUT2D eigenvalue weighted by Crippen LogP contribution is -2.50. The number of likely N-dealkylation sites (tertiary alicyclic amines) is 1. The van der Waals surface area contributed by atoms with Crippen LogP contribution in [0.15, 0.2) is 48.9 Å². The van der Waals surface area contributed by atoms with Crippen molar-refractivity contribution in [2.75, 3.05) is 64.3 Å². The summed E-state index contributed by atoms with van der Waals surface area (Å²) in [4.78, 5) is 41.1.